The molecule has 0 atom stereocenters. The van der Waals surface area contributed by atoms with Crippen LogP contribution in [0.15, 0.2) is 35.2 Å². The Balaban J connectivity index is 1.96. The molecule has 2 aromatic rings. The van der Waals surface area contributed by atoms with Crippen molar-refractivity contribution in [2.75, 3.05) is 7.11 Å². The van der Waals surface area contributed by atoms with Crippen LogP contribution in [0.2, 0.25) is 0 Å². The van der Waals surface area contributed by atoms with Gasteiger partial charge in [-0.15, -0.1) is 0 Å². The van der Waals surface area contributed by atoms with Crippen molar-refractivity contribution in [3.05, 3.63) is 41.7 Å². The molecule has 6 nitrogen and oxygen atoms in total. The van der Waals surface area contributed by atoms with Crippen LogP contribution in [-0.2, 0) is 14.8 Å². The lowest BCUT2D eigenvalue weighted by Crippen LogP contribution is -2.21. The molecule has 3 rings (SSSR count). The van der Waals surface area contributed by atoms with E-state index in [-0.39, 0.29) is 22.6 Å². The normalized spacial score (nSPS) is 21.3. The number of methoxy groups -OCH3 is 1. The molecule has 1 fully saturated rings. The molecule has 0 amide bonds. The maximum atomic E-state index is 13.2. The van der Waals surface area contributed by atoms with Gasteiger partial charge in [-0.25, -0.2) is 27.0 Å². The molecule has 0 spiro atoms. The smallest absolute Gasteiger partial charge is 0.282 e. The highest BCUT2D eigenvalue weighted by atomic mass is 32.2. The first kappa shape index (κ1) is 18.9. The molecule has 26 heavy (non-hydrogen) atoms. The lowest BCUT2D eigenvalue weighted by molar-refractivity contribution is 0.0653. The van der Waals surface area contributed by atoms with Gasteiger partial charge in [0, 0.05) is 18.7 Å². The number of rotatable bonds is 5. The molecule has 0 unspecified atom stereocenters. The summed E-state index contributed by atoms with van der Waals surface area (Å²) in [4.78, 5) is -0.0374. The van der Waals surface area contributed by atoms with Gasteiger partial charge < -0.3 is 4.74 Å². The van der Waals surface area contributed by atoms with Gasteiger partial charge in [-0.2, -0.15) is 5.10 Å². The summed E-state index contributed by atoms with van der Waals surface area (Å²) < 4.78 is 56.0. The van der Waals surface area contributed by atoms with Gasteiger partial charge in [0.25, 0.3) is 6.43 Å². The Kier molecular flexibility index (Phi) is 5.40. The fourth-order valence-electron chi connectivity index (χ4n) is 3.39. The van der Waals surface area contributed by atoms with Crippen molar-refractivity contribution in [2.24, 2.45) is 5.14 Å². The number of nitrogens with two attached hydrogens (primary N) is 1. The number of benzene rings is 1. The minimum absolute atomic E-state index is 0.0374. The average Bonchev–Trinajstić information content (AvgIpc) is 3.07. The third-order valence-corrected chi connectivity index (χ3v) is 5.74. The number of nitrogens with zero attached hydrogens (tertiary/aromatic N) is 2. The molecule has 1 aliphatic carbocycles. The Bertz CT molecular complexity index is 858. The molecule has 0 radical (unpaired) electrons. The van der Waals surface area contributed by atoms with E-state index in [1.54, 1.807) is 7.11 Å². The Morgan fingerprint density at radius 3 is 2.31 bits per heavy atom. The quantitative estimate of drug-likeness (QED) is 0.857. The third kappa shape index (κ3) is 3.94. The van der Waals surface area contributed by atoms with Crippen LogP contribution in [0.25, 0.3) is 5.69 Å². The summed E-state index contributed by atoms with van der Waals surface area (Å²) in [7, 11) is -2.14. The summed E-state index contributed by atoms with van der Waals surface area (Å²) in [6.45, 7) is 0. The largest absolute Gasteiger partial charge is 0.381 e. The van der Waals surface area contributed by atoms with Crippen molar-refractivity contribution < 1.29 is 21.9 Å². The Morgan fingerprint density at radius 1 is 1.19 bits per heavy atom. The highest BCUT2D eigenvalue weighted by molar-refractivity contribution is 7.89. The van der Waals surface area contributed by atoms with Gasteiger partial charge in [0.2, 0.25) is 10.0 Å². The minimum Gasteiger partial charge on any atom is -0.381 e. The van der Waals surface area contributed by atoms with Crippen molar-refractivity contribution in [1.82, 2.24) is 9.78 Å². The van der Waals surface area contributed by atoms with Gasteiger partial charge in [0.05, 0.1) is 16.7 Å². The molecule has 9 heteroatoms. The van der Waals surface area contributed by atoms with E-state index >= 15 is 0 Å². The second-order valence-corrected chi connectivity index (χ2v) is 8.02. The van der Waals surface area contributed by atoms with Gasteiger partial charge >= 0.3 is 0 Å². The fourth-order valence-corrected chi connectivity index (χ4v) is 3.91. The number of hydrogen-bond acceptors (Lipinski definition) is 4. The number of alkyl halides is 2. The average molecular weight is 385 g/mol. The number of sulfonamides is 1. The van der Waals surface area contributed by atoms with Crippen molar-refractivity contribution in [3.63, 3.8) is 0 Å². The minimum atomic E-state index is -3.81. The molecular weight excluding hydrogens is 364 g/mol. The number of hydrogen-bond donors (Lipinski definition) is 1. The van der Waals surface area contributed by atoms with Gasteiger partial charge in [0.15, 0.2) is 0 Å². The third-order valence-electron chi connectivity index (χ3n) is 4.82. The first-order chi connectivity index (χ1) is 12.3. The van der Waals surface area contributed by atoms with Crippen LogP contribution < -0.4 is 5.14 Å². The molecule has 0 bridgehead atoms. The molecule has 2 N–H and O–H groups in total. The molecule has 1 aliphatic rings. The van der Waals surface area contributed by atoms with Crippen LogP contribution in [0.1, 0.15) is 49.4 Å². The SMILES string of the molecule is COC1CCC(c2cc(C(F)F)nn2-c2ccc(S(N)(=O)=O)cc2)CC1. The van der Waals surface area contributed by atoms with E-state index < -0.39 is 16.4 Å². The standard InChI is InChI=1S/C17H21F2N3O3S/c1-25-13-6-2-11(3-7-13)16-10-15(17(18)19)21-22(16)12-4-8-14(9-5-12)26(20,23)24/h4-5,8-11,13,17H,2-3,6-7H2,1H3,(H2,20,23,24). The Labute approximate surface area is 151 Å². The fraction of sp³-hybridized carbons (Fsp3) is 0.471. The Morgan fingerprint density at radius 2 is 1.81 bits per heavy atom. The van der Waals surface area contributed by atoms with Crippen molar-refractivity contribution >= 4 is 10.0 Å². The number of primary sulfonamides is 1. The summed E-state index contributed by atoms with van der Waals surface area (Å²) in [6, 6.07) is 7.18. The highest BCUT2D eigenvalue weighted by Crippen LogP contribution is 2.36. The monoisotopic (exact) mass is 385 g/mol. The molecule has 1 aromatic heterocycles. The molecule has 142 valence electrons. The first-order valence-corrected chi connectivity index (χ1v) is 9.88. The van der Waals surface area contributed by atoms with Crippen molar-refractivity contribution in [2.45, 2.75) is 49.0 Å². The summed E-state index contributed by atoms with van der Waals surface area (Å²) >= 11 is 0. The summed E-state index contributed by atoms with van der Waals surface area (Å²) in [5, 5.41) is 9.14. The van der Waals surface area contributed by atoms with Crippen LogP contribution in [0.3, 0.4) is 0 Å². The zero-order chi connectivity index (χ0) is 18.9. The van der Waals surface area contributed by atoms with Crippen LogP contribution in [-0.4, -0.2) is 31.4 Å². The number of ether oxygens (including phenoxy) is 1. The lowest BCUT2D eigenvalue weighted by atomic mass is 9.85. The summed E-state index contributed by atoms with van der Waals surface area (Å²) in [5.74, 6) is 0.0966. The predicted octanol–water partition coefficient (Wildman–Crippen LogP) is 3.13. The van der Waals surface area contributed by atoms with Crippen molar-refractivity contribution in [3.8, 4) is 5.69 Å². The topological polar surface area (TPSA) is 87.2 Å². The molecule has 0 aliphatic heterocycles. The van der Waals surface area contributed by atoms with Crippen molar-refractivity contribution in [1.29, 1.82) is 0 Å². The Hall–Kier alpha value is -1.84. The number of aromatic nitrogens is 2. The van der Waals surface area contributed by atoms with Gasteiger partial charge in [-0.05, 0) is 56.0 Å². The summed E-state index contributed by atoms with van der Waals surface area (Å²) in [6.07, 6.45) is 0.895. The molecular formula is C17H21F2N3O3S. The van der Waals surface area contributed by atoms with E-state index in [4.69, 9.17) is 9.88 Å². The van der Waals surface area contributed by atoms with Gasteiger partial charge in [-0.3, -0.25) is 0 Å². The van der Waals surface area contributed by atoms with E-state index in [9.17, 15) is 17.2 Å². The van der Waals surface area contributed by atoms with E-state index in [1.165, 1.54) is 35.0 Å². The predicted molar refractivity (Wildman–Crippen MR) is 91.9 cm³/mol. The van der Waals surface area contributed by atoms with Gasteiger partial charge in [-0.1, -0.05) is 0 Å². The second-order valence-electron chi connectivity index (χ2n) is 6.45. The molecule has 1 aromatic carbocycles. The van der Waals surface area contributed by atoms with E-state index in [1.807, 2.05) is 0 Å². The van der Waals surface area contributed by atoms with Crippen LogP contribution in [0, 0.1) is 0 Å². The maximum Gasteiger partial charge on any atom is 0.282 e. The van der Waals surface area contributed by atoms with Crippen LogP contribution in [0.5, 0.6) is 0 Å². The lowest BCUT2D eigenvalue weighted by Gasteiger charge is -2.28. The van der Waals surface area contributed by atoms with Gasteiger partial charge in [0.1, 0.15) is 5.69 Å². The highest BCUT2D eigenvalue weighted by Gasteiger charge is 2.27. The zero-order valence-corrected chi connectivity index (χ0v) is 15.1. The van der Waals surface area contributed by atoms with E-state index in [2.05, 4.69) is 5.10 Å². The summed E-state index contributed by atoms with van der Waals surface area (Å²) in [5.41, 5.74) is 0.941. The molecule has 0 saturated heterocycles. The number of halogens is 2. The van der Waals surface area contributed by atoms with E-state index in [0.717, 1.165) is 25.7 Å². The van der Waals surface area contributed by atoms with E-state index in [0.29, 0.717) is 11.4 Å². The maximum absolute atomic E-state index is 13.2. The van der Waals surface area contributed by atoms with Crippen LogP contribution >= 0.6 is 0 Å². The van der Waals surface area contributed by atoms with Crippen LogP contribution in [0.4, 0.5) is 8.78 Å². The molecule has 1 heterocycles. The molecule has 1 saturated carbocycles. The first-order valence-electron chi connectivity index (χ1n) is 8.33. The second kappa shape index (κ2) is 7.42. The zero-order valence-electron chi connectivity index (χ0n) is 14.3.